The van der Waals surface area contributed by atoms with Crippen LogP contribution in [0.5, 0.6) is 0 Å². The predicted octanol–water partition coefficient (Wildman–Crippen LogP) is 0.950. The molecule has 1 aromatic rings. The number of hydrogen-bond donors (Lipinski definition) is 1. The Kier molecular flexibility index (Phi) is 5.49. The van der Waals surface area contributed by atoms with Crippen LogP contribution in [0.15, 0.2) is 0 Å². The molecule has 1 rings (SSSR count). The molecule has 6 nitrogen and oxygen atoms in total. The predicted molar refractivity (Wildman–Crippen MR) is 57.2 cm³/mol. The highest BCUT2D eigenvalue weighted by Gasteiger charge is 2.12. The number of aryl methyl sites for hydroxylation is 1. The zero-order valence-corrected chi connectivity index (χ0v) is 9.65. The van der Waals surface area contributed by atoms with Crippen LogP contribution in [0.4, 0.5) is 0 Å². The zero-order chi connectivity index (χ0) is 11.8. The van der Waals surface area contributed by atoms with Gasteiger partial charge in [0.25, 0.3) is 5.82 Å². The van der Waals surface area contributed by atoms with E-state index in [9.17, 15) is 4.79 Å². The van der Waals surface area contributed by atoms with Crippen molar-refractivity contribution in [3.8, 4) is 0 Å². The summed E-state index contributed by atoms with van der Waals surface area (Å²) >= 11 is 0. The monoisotopic (exact) mass is 227 g/mol. The number of nitrogens with one attached hydrogen (secondary N) is 1. The summed E-state index contributed by atoms with van der Waals surface area (Å²) in [6.45, 7) is 5.42. The van der Waals surface area contributed by atoms with Crippen LogP contribution in [-0.4, -0.2) is 41.0 Å². The molecule has 0 radical (unpaired) electrons. The van der Waals surface area contributed by atoms with Gasteiger partial charge in [-0.2, -0.15) is 0 Å². The molecule has 6 heteroatoms. The van der Waals surface area contributed by atoms with Crippen LogP contribution in [0.3, 0.4) is 0 Å². The van der Waals surface area contributed by atoms with Crippen LogP contribution < -0.4 is 0 Å². The van der Waals surface area contributed by atoms with Gasteiger partial charge in [0.05, 0.1) is 6.61 Å². The number of esters is 1. The van der Waals surface area contributed by atoms with Gasteiger partial charge in [-0.25, -0.2) is 9.78 Å². The number of nitrogens with zero attached hydrogens (tertiary/aromatic N) is 2. The molecule has 0 aliphatic carbocycles. The third kappa shape index (κ3) is 3.98. The van der Waals surface area contributed by atoms with E-state index in [2.05, 4.69) is 15.2 Å². The largest absolute Gasteiger partial charge is 0.460 e. The second-order valence-electron chi connectivity index (χ2n) is 3.13. The van der Waals surface area contributed by atoms with Crippen LogP contribution in [0.25, 0.3) is 0 Å². The molecule has 0 saturated heterocycles. The van der Waals surface area contributed by atoms with E-state index in [4.69, 9.17) is 9.47 Å². The highest BCUT2D eigenvalue weighted by molar-refractivity contribution is 5.84. The molecular weight excluding hydrogens is 210 g/mol. The van der Waals surface area contributed by atoms with Crippen LogP contribution in [0.1, 0.15) is 36.7 Å². The molecular formula is C10H17N3O3. The molecule has 1 heterocycles. The summed E-state index contributed by atoms with van der Waals surface area (Å²) in [5.41, 5.74) is 0. The molecule has 16 heavy (non-hydrogen) atoms. The maximum Gasteiger partial charge on any atom is 0.378 e. The molecule has 0 unspecified atom stereocenters. The van der Waals surface area contributed by atoms with Crippen molar-refractivity contribution >= 4 is 5.97 Å². The Morgan fingerprint density at radius 3 is 2.88 bits per heavy atom. The number of aromatic nitrogens is 3. The van der Waals surface area contributed by atoms with E-state index in [0.29, 0.717) is 32.1 Å². The van der Waals surface area contributed by atoms with Gasteiger partial charge in [-0.3, -0.25) is 5.10 Å². The summed E-state index contributed by atoms with van der Waals surface area (Å²) in [5.74, 6) is 0.283. The zero-order valence-electron chi connectivity index (χ0n) is 9.65. The fraction of sp³-hybridized carbons (Fsp3) is 0.700. The number of carbonyl (C=O) groups excluding carboxylic acids is 1. The maximum atomic E-state index is 11.2. The van der Waals surface area contributed by atoms with E-state index >= 15 is 0 Å². The first-order chi connectivity index (χ1) is 7.77. The summed E-state index contributed by atoms with van der Waals surface area (Å²) in [6.07, 6.45) is 1.57. The van der Waals surface area contributed by atoms with Crippen LogP contribution >= 0.6 is 0 Å². The average Bonchev–Trinajstić information content (AvgIpc) is 2.73. The number of rotatable bonds is 7. The lowest BCUT2D eigenvalue weighted by molar-refractivity contribution is 0.0512. The SMILES string of the molecule is CCOCCCc1nc(C(=O)OCC)n[nH]1. The highest BCUT2D eigenvalue weighted by atomic mass is 16.5. The molecule has 0 aromatic carbocycles. The molecule has 0 aliphatic heterocycles. The van der Waals surface area contributed by atoms with E-state index in [0.717, 1.165) is 6.42 Å². The molecule has 0 amide bonds. The molecule has 0 bridgehead atoms. The van der Waals surface area contributed by atoms with Crippen LogP contribution in [0, 0.1) is 0 Å². The Bertz CT molecular complexity index is 325. The Hall–Kier alpha value is -1.43. The van der Waals surface area contributed by atoms with Crippen molar-refractivity contribution in [2.24, 2.45) is 0 Å². The molecule has 90 valence electrons. The number of H-pyrrole nitrogens is 1. The quantitative estimate of drug-likeness (QED) is 0.554. The number of aromatic amines is 1. The Morgan fingerprint density at radius 2 is 2.19 bits per heavy atom. The minimum atomic E-state index is -0.491. The third-order valence-electron chi connectivity index (χ3n) is 1.90. The topological polar surface area (TPSA) is 77.1 Å². The second kappa shape index (κ2) is 6.95. The Morgan fingerprint density at radius 1 is 1.38 bits per heavy atom. The van der Waals surface area contributed by atoms with Crippen molar-refractivity contribution in [2.75, 3.05) is 19.8 Å². The number of carbonyl (C=O) groups is 1. The smallest absolute Gasteiger partial charge is 0.378 e. The molecule has 0 aliphatic rings. The lowest BCUT2D eigenvalue weighted by atomic mass is 10.3. The van der Waals surface area contributed by atoms with Crippen molar-refractivity contribution in [3.05, 3.63) is 11.6 Å². The van der Waals surface area contributed by atoms with Gasteiger partial charge in [0.1, 0.15) is 5.82 Å². The lowest BCUT2D eigenvalue weighted by Gasteiger charge is -1.97. The van der Waals surface area contributed by atoms with Gasteiger partial charge in [0.15, 0.2) is 0 Å². The van der Waals surface area contributed by atoms with Crippen molar-refractivity contribution in [1.29, 1.82) is 0 Å². The minimum Gasteiger partial charge on any atom is -0.460 e. The highest BCUT2D eigenvalue weighted by Crippen LogP contribution is 1.99. The fourth-order valence-corrected chi connectivity index (χ4v) is 1.18. The van der Waals surface area contributed by atoms with E-state index in [-0.39, 0.29) is 5.82 Å². The van der Waals surface area contributed by atoms with Gasteiger partial charge in [-0.1, -0.05) is 0 Å². The first-order valence-corrected chi connectivity index (χ1v) is 5.44. The molecule has 0 saturated carbocycles. The van der Waals surface area contributed by atoms with E-state index in [1.165, 1.54) is 0 Å². The van der Waals surface area contributed by atoms with Crippen molar-refractivity contribution in [2.45, 2.75) is 26.7 Å². The normalized spacial score (nSPS) is 10.4. The lowest BCUT2D eigenvalue weighted by Crippen LogP contribution is -2.06. The standard InChI is InChI=1S/C10H17N3O3/c1-3-15-7-5-6-8-11-9(13-12-8)10(14)16-4-2/h3-7H2,1-2H3,(H,11,12,13). The van der Waals surface area contributed by atoms with Gasteiger partial charge in [-0.05, 0) is 20.3 Å². The van der Waals surface area contributed by atoms with E-state index in [1.807, 2.05) is 6.92 Å². The van der Waals surface area contributed by atoms with Crippen LogP contribution in [-0.2, 0) is 15.9 Å². The number of hydrogen-bond acceptors (Lipinski definition) is 5. The first kappa shape index (κ1) is 12.6. The summed E-state index contributed by atoms with van der Waals surface area (Å²) in [4.78, 5) is 15.3. The molecule has 0 fully saturated rings. The van der Waals surface area contributed by atoms with E-state index < -0.39 is 5.97 Å². The Balaban J connectivity index is 2.36. The minimum absolute atomic E-state index is 0.0910. The second-order valence-corrected chi connectivity index (χ2v) is 3.13. The molecule has 0 atom stereocenters. The Labute approximate surface area is 94.4 Å². The van der Waals surface area contributed by atoms with Gasteiger partial charge >= 0.3 is 5.97 Å². The summed E-state index contributed by atoms with van der Waals surface area (Å²) < 4.78 is 9.97. The third-order valence-corrected chi connectivity index (χ3v) is 1.90. The maximum absolute atomic E-state index is 11.2. The van der Waals surface area contributed by atoms with E-state index in [1.54, 1.807) is 6.92 Å². The van der Waals surface area contributed by atoms with Crippen molar-refractivity contribution in [3.63, 3.8) is 0 Å². The van der Waals surface area contributed by atoms with Crippen LogP contribution in [0.2, 0.25) is 0 Å². The molecule has 1 N–H and O–H groups in total. The van der Waals surface area contributed by atoms with Crippen molar-refractivity contribution < 1.29 is 14.3 Å². The van der Waals surface area contributed by atoms with Crippen molar-refractivity contribution in [1.82, 2.24) is 15.2 Å². The average molecular weight is 227 g/mol. The van der Waals surface area contributed by atoms with Gasteiger partial charge in [0, 0.05) is 19.6 Å². The van der Waals surface area contributed by atoms with Gasteiger partial charge in [-0.15, -0.1) is 5.10 Å². The summed E-state index contributed by atoms with van der Waals surface area (Å²) in [7, 11) is 0. The molecule has 0 spiro atoms. The summed E-state index contributed by atoms with van der Waals surface area (Å²) in [6, 6.07) is 0. The first-order valence-electron chi connectivity index (χ1n) is 5.44. The summed E-state index contributed by atoms with van der Waals surface area (Å²) in [5, 5.41) is 6.49. The number of ether oxygens (including phenoxy) is 2. The van der Waals surface area contributed by atoms with Gasteiger partial charge in [0.2, 0.25) is 0 Å². The fourth-order valence-electron chi connectivity index (χ4n) is 1.18. The van der Waals surface area contributed by atoms with Gasteiger partial charge < -0.3 is 9.47 Å². The molecule has 1 aromatic heterocycles.